The van der Waals surface area contributed by atoms with E-state index in [0.717, 1.165) is 0 Å². The second kappa shape index (κ2) is 33.6. The van der Waals surface area contributed by atoms with Crippen molar-refractivity contribution in [2.24, 2.45) is 0 Å². The first kappa shape index (κ1) is 102. The monoisotopic (exact) mass is 1060 g/mol. The van der Waals surface area contributed by atoms with Crippen LogP contribution in [0, 0.1) is 0 Å². The lowest BCUT2D eigenvalue weighted by Crippen LogP contribution is -2.30. The van der Waals surface area contributed by atoms with Gasteiger partial charge in [0.25, 0.3) is 0 Å². The normalized spacial score (nSPS) is 12.6. The quantitative estimate of drug-likeness (QED) is 0.314. The third kappa shape index (κ3) is 57.3. The van der Waals surface area contributed by atoms with Gasteiger partial charge in [-0.25, -0.2) is 0 Å². The Morgan fingerprint density at radius 3 is 0.190 bits per heavy atom. The van der Waals surface area contributed by atoms with Crippen LogP contribution in [0.2, 0.25) is 0 Å². The Kier molecular flexibility index (Phi) is 54.1. The molecule has 0 amide bonds. The van der Waals surface area contributed by atoms with Crippen molar-refractivity contribution in [3.8, 4) is 0 Å². The molecule has 0 atom stereocenters. The molecule has 21 nitrogen and oxygen atoms in total. The molecule has 0 aromatic heterocycles. The summed E-state index contributed by atoms with van der Waals surface area (Å²) in [7, 11) is -30.4. The molecule has 0 aliphatic rings. The maximum atomic E-state index is 10.1. The fourth-order valence-corrected chi connectivity index (χ4v) is 0. The molecular formula is C35H91O21P7-14. The molecule has 28 heteroatoms. The fourth-order valence-electron chi connectivity index (χ4n) is 0. The second-order valence-corrected chi connectivity index (χ2v) is 35.0. The van der Waals surface area contributed by atoms with Crippen LogP contribution in [-0.2, 0) is 32.0 Å². The highest BCUT2D eigenvalue weighted by atomic mass is 31.2. The topological polar surface area (TPSA) is 442 Å². The number of hydrogen-bond donors (Lipinski definition) is 0. The summed E-state index contributed by atoms with van der Waals surface area (Å²) in [5.41, 5.74) is 0. The van der Waals surface area contributed by atoms with E-state index in [4.69, 9.17) is 0 Å². The fraction of sp³-hybridized carbons (Fsp3) is 1.00. The maximum absolute atomic E-state index is 10.1. The van der Waals surface area contributed by atoms with Gasteiger partial charge in [-0.05, 0) is 36.1 Å². The zero-order valence-electron chi connectivity index (χ0n) is 36.2. The van der Waals surface area contributed by atoms with Crippen LogP contribution in [0.15, 0.2) is 0 Å². The summed E-state index contributed by atoms with van der Waals surface area (Å²) in [6, 6.07) is 0. The Morgan fingerprint density at radius 2 is 0.190 bits per heavy atom. The lowest BCUT2D eigenvalue weighted by Gasteiger charge is -2.42. The van der Waals surface area contributed by atoms with Crippen LogP contribution in [0.3, 0.4) is 0 Å². The summed E-state index contributed by atoms with van der Waals surface area (Å²) in [4.78, 5) is 142. The highest BCUT2D eigenvalue weighted by Gasteiger charge is 2.17. The molecule has 0 rings (SSSR count). The van der Waals surface area contributed by atoms with Gasteiger partial charge in [0.2, 0.25) is 0 Å². The maximum Gasteiger partial charge on any atom is -0.0104 e. The smallest absolute Gasteiger partial charge is 0.0104 e. The molecule has 0 bridgehead atoms. The Bertz CT molecular complexity index is 1150. The van der Waals surface area contributed by atoms with E-state index >= 15 is 0 Å². The minimum atomic E-state index is -4.35. The summed E-state index contributed by atoms with van der Waals surface area (Å²) in [6.07, 6.45) is 0. The lowest BCUT2D eigenvalue weighted by atomic mass is 10.3. The first-order chi connectivity index (χ1) is 22.8. The van der Waals surface area contributed by atoms with Crippen LogP contribution >= 0.6 is 53.2 Å². The molecule has 0 heterocycles. The molecule has 0 aromatic carbocycles. The van der Waals surface area contributed by atoms with Gasteiger partial charge in [-0.15, -0.1) is 0 Å². The van der Waals surface area contributed by atoms with Crippen molar-refractivity contribution in [3.05, 3.63) is 0 Å². The van der Waals surface area contributed by atoms with E-state index in [1.165, 1.54) is 145 Å². The molecule has 406 valence electrons. The van der Waals surface area contributed by atoms with Gasteiger partial charge in [-0.3, -0.25) is 0 Å². The molecule has 0 unspecified atom stereocenters. The largest absolute Gasteiger partial charge is 0.810 e. The van der Waals surface area contributed by atoms with Crippen LogP contribution < -0.4 is 68.5 Å². The van der Waals surface area contributed by atoms with Crippen LogP contribution in [0.25, 0.3) is 0 Å². The van der Waals surface area contributed by atoms with Crippen LogP contribution in [-0.4, -0.2) is 36.1 Å². The Labute approximate surface area is 386 Å². The van der Waals surface area contributed by atoms with Crippen molar-refractivity contribution in [2.45, 2.75) is 233 Å². The molecule has 63 heavy (non-hydrogen) atoms. The Morgan fingerprint density at radius 1 is 0.175 bits per heavy atom. The summed E-state index contributed by atoms with van der Waals surface area (Å²) < 4.78 is 70.9. The van der Waals surface area contributed by atoms with Crippen molar-refractivity contribution >= 4 is 53.2 Å². The van der Waals surface area contributed by atoms with E-state index in [9.17, 15) is 100 Å². The lowest BCUT2D eigenvalue weighted by molar-refractivity contribution is -0.321. The van der Waals surface area contributed by atoms with Gasteiger partial charge in [0.15, 0.2) is 0 Å². The summed E-state index contributed by atoms with van der Waals surface area (Å²) in [6.45, 7) is 29.0. The van der Waals surface area contributed by atoms with Gasteiger partial charge >= 0.3 is 0 Å². The molecule has 0 aliphatic carbocycles. The standard InChI is InChI=1S/7C4H11O3P.7CH4/c7*1-4(2,3)8(5,6)7;;;;;;;/h7*1-3H3,(H2,5,6,7);7*1H4/p-14. The first-order valence-corrected chi connectivity index (χ1v) is 26.7. The van der Waals surface area contributed by atoms with E-state index in [1.807, 2.05) is 0 Å². The molecule has 0 radical (unpaired) electrons. The van der Waals surface area contributed by atoms with Crippen LogP contribution in [0.4, 0.5) is 0 Å². The molecule has 0 fully saturated rings. The van der Waals surface area contributed by atoms with E-state index in [0.29, 0.717) is 0 Å². The summed E-state index contributed by atoms with van der Waals surface area (Å²) in [5.74, 6) is 0. The average molecular weight is 1060 g/mol. The van der Waals surface area contributed by atoms with Crippen LogP contribution in [0.1, 0.15) is 197 Å². The van der Waals surface area contributed by atoms with Gasteiger partial charge in [-0.2, -0.15) is 0 Å². The van der Waals surface area contributed by atoms with Crippen molar-refractivity contribution < 1.29 is 100 Å². The molecular weight excluding hydrogens is 973 g/mol. The third-order valence-corrected chi connectivity index (χ3v) is 17.3. The van der Waals surface area contributed by atoms with Crippen molar-refractivity contribution in [2.75, 3.05) is 0 Å². The molecule has 0 spiro atoms. The minimum absolute atomic E-state index is 0. The Hall–Kier alpha value is 1.05. The van der Waals surface area contributed by atoms with Gasteiger partial charge < -0.3 is 100 Å². The SMILES string of the molecule is C.C.C.C.C.C.C.CC(C)(C)P(=O)([O-])[O-].CC(C)(C)P(=O)([O-])[O-].CC(C)(C)P(=O)([O-])[O-].CC(C)(C)P(=O)([O-])[O-].CC(C)(C)P(=O)([O-])[O-].CC(C)(C)P(=O)([O-])[O-].CC(C)(C)P(=O)([O-])[O-]. The minimum Gasteiger partial charge on any atom is -0.810 e. The van der Waals surface area contributed by atoms with E-state index < -0.39 is 89.3 Å². The van der Waals surface area contributed by atoms with Crippen molar-refractivity contribution in [1.82, 2.24) is 0 Å². The first-order valence-electron chi connectivity index (χ1n) is 15.9. The summed E-state index contributed by atoms with van der Waals surface area (Å²) >= 11 is 0. The van der Waals surface area contributed by atoms with Gasteiger partial charge in [0.05, 0.1) is 0 Å². The number of rotatable bonds is 0. The van der Waals surface area contributed by atoms with Crippen molar-refractivity contribution in [1.29, 1.82) is 0 Å². The van der Waals surface area contributed by atoms with E-state index in [1.54, 1.807) is 0 Å². The molecule has 0 saturated heterocycles. The average Bonchev–Trinajstić information content (AvgIpc) is 2.72. The summed E-state index contributed by atoms with van der Waals surface area (Å²) in [5, 5.41) is -7.83. The zero-order valence-corrected chi connectivity index (χ0v) is 42.5. The second-order valence-electron chi connectivity index (χ2n) is 18.7. The predicted molar refractivity (Wildman–Crippen MR) is 239 cm³/mol. The highest BCUT2D eigenvalue weighted by molar-refractivity contribution is 7.52. The van der Waals surface area contributed by atoms with Gasteiger partial charge in [0, 0.05) is 0 Å². The van der Waals surface area contributed by atoms with Crippen LogP contribution in [0.5, 0.6) is 0 Å². The Balaban J connectivity index is -0.0000000364. The number of hydrogen-bond acceptors (Lipinski definition) is 21. The predicted octanol–water partition coefficient (Wildman–Crippen LogP) is 2.34. The highest BCUT2D eigenvalue weighted by Crippen LogP contribution is 2.44. The molecule has 0 aromatic rings. The van der Waals surface area contributed by atoms with Gasteiger partial charge in [0.1, 0.15) is 0 Å². The zero-order chi connectivity index (χ0) is 49.0. The molecule has 0 saturated carbocycles. The third-order valence-electron chi connectivity index (χ3n) is 5.75. The van der Waals surface area contributed by atoms with Crippen molar-refractivity contribution in [3.63, 3.8) is 0 Å². The van der Waals surface area contributed by atoms with E-state index in [2.05, 4.69) is 0 Å². The van der Waals surface area contributed by atoms with Gasteiger partial charge in [-0.1, -0.05) is 251 Å². The molecule has 0 aliphatic heterocycles. The van der Waals surface area contributed by atoms with E-state index in [-0.39, 0.29) is 52.0 Å². The molecule has 0 N–H and O–H groups in total.